The van der Waals surface area contributed by atoms with Crippen LogP contribution in [0.15, 0.2) is 40.9 Å². The van der Waals surface area contributed by atoms with Crippen LogP contribution in [0.1, 0.15) is 24.0 Å². The number of hydrogen-bond acceptors (Lipinski definition) is 1. The van der Waals surface area contributed by atoms with Crippen LogP contribution in [0.2, 0.25) is 5.02 Å². The van der Waals surface area contributed by atoms with E-state index in [1.165, 1.54) is 27.8 Å². The van der Waals surface area contributed by atoms with Gasteiger partial charge in [0.15, 0.2) is 0 Å². The second-order valence-corrected chi connectivity index (χ2v) is 7.23. The summed E-state index contributed by atoms with van der Waals surface area (Å²) in [5.41, 5.74) is 11.6. The Hall–Kier alpha value is -1.29. The molecule has 0 aliphatic heterocycles. The number of aryl methyl sites for hydroxylation is 2. The highest BCUT2D eigenvalue weighted by atomic mass is 79.9. The number of halogens is 2. The van der Waals surface area contributed by atoms with E-state index in [0.29, 0.717) is 0 Å². The highest BCUT2D eigenvalue weighted by Gasteiger charge is 2.15. The molecule has 0 spiro atoms. The summed E-state index contributed by atoms with van der Waals surface area (Å²) < 4.78 is 1.00. The largest absolute Gasteiger partial charge is 0.353 e. The number of aromatic amines is 1. The first-order chi connectivity index (χ1) is 11.1. The van der Waals surface area contributed by atoms with Crippen LogP contribution in [-0.4, -0.2) is 11.5 Å². The van der Waals surface area contributed by atoms with Crippen molar-refractivity contribution in [2.75, 3.05) is 6.54 Å². The van der Waals surface area contributed by atoms with Crippen molar-refractivity contribution in [2.24, 2.45) is 5.73 Å². The van der Waals surface area contributed by atoms with E-state index in [2.05, 4.69) is 58.2 Å². The van der Waals surface area contributed by atoms with Gasteiger partial charge in [0.25, 0.3) is 0 Å². The third-order valence-electron chi connectivity index (χ3n) is 4.12. The molecule has 2 nitrogen and oxygen atoms in total. The van der Waals surface area contributed by atoms with Crippen LogP contribution in [0.4, 0.5) is 0 Å². The van der Waals surface area contributed by atoms with Crippen LogP contribution >= 0.6 is 27.5 Å². The molecule has 3 N–H and O–H groups in total. The Kier molecular flexibility index (Phi) is 5.10. The number of benzene rings is 2. The number of hydrogen-bond donors (Lipinski definition) is 2. The lowest BCUT2D eigenvalue weighted by Gasteiger charge is -2.06. The summed E-state index contributed by atoms with van der Waals surface area (Å²) >= 11 is 10.0. The molecule has 0 bridgehead atoms. The van der Waals surface area contributed by atoms with Gasteiger partial charge in [-0.3, -0.25) is 0 Å². The molecule has 0 aliphatic carbocycles. The Balaban J connectivity index is 2.19. The maximum absolute atomic E-state index is 6.45. The standard InChI is InChI=1S/C19H20BrClN2/c1-12-5-4-6-13(9-12)18-15(7-2-3-8-22)16-10-14(20)11-17(21)19(16)23-18/h4-6,9-11,23H,2-3,7-8,22H2,1H3. The maximum Gasteiger partial charge on any atom is 0.0658 e. The van der Waals surface area contributed by atoms with Crippen molar-refractivity contribution in [3.63, 3.8) is 0 Å². The number of rotatable bonds is 5. The van der Waals surface area contributed by atoms with Gasteiger partial charge in [0, 0.05) is 15.6 Å². The second kappa shape index (κ2) is 7.08. The van der Waals surface area contributed by atoms with E-state index in [1.54, 1.807) is 0 Å². The van der Waals surface area contributed by atoms with Gasteiger partial charge >= 0.3 is 0 Å². The topological polar surface area (TPSA) is 41.8 Å². The first-order valence-corrected chi connectivity index (χ1v) is 9.04. The minimum Gasteiger partial charge on any atom is -0.353 e. The maximum atomic E-state index is 6.45. The normalized spacial score (nSPS) is 11.3. The molecule has 0 fully saturated rings. The zero-order valence-electron chi connectivity index (χ0n) is 13.1. The lowest BCUT2D eigenvalue weighted by atomic mass is 9.99. The molecule has 0 amide bonds. The third kappa shape index (κ3) is 3.47. The van der Waals surface area contributed by atoms with Gasteiger partial charge in [-0.05, 0) is 62.1 Å². The summed E-state index contributed by atoms with van der Waals surface area (Å²) in [5, 5.41) is 1.94. The lowest BCUT2D eigenvalue weighted by molar-refractivity contribution is 0.748. The molecule has 0 saturated heterocycles. The fourth-order valence-electron chi connectivity index (χ4n) is 3.03. The van der Waals surface area contributed by atoms with Gasteiger partial charge in [-0.15, -0.1) is 0 Å². The van der Waals surface area contributed by atoms with Crippen LogP contribution in [0.3, 0.4) is 0 Å². The first kappa shape index (κ1) is 16.6. The quantitative estimate of drug-likeness (QED) is 0.527. The second-order valence-electron chi connectivity index (χ2n) is 5.90. The summed E-state index contributed by atoms with van der Waals surface area (Å²) in [6.45, 7) is 2.84. The third-order valence-corrected chi connectivity index (χ3v) is 4.88. The van der Waals surface area contributed by atoms with E-state index in [1.807, 2.05) is 6.07 Å². The van der Waals surface area contributed by atoms with Gasteiger partial charge in [-0.25, -0.2) is 0 Å². The van der Waals surface area contributed by atoms with E-state index in [4.69, 9.17) is 17.3 Å². The van der Waals surface area contributed by atoms with Crippen LogP contribution in [0, 0.1) is 6.92 Å². The van der Waals surface area contributed by atoms with Crippen molar-refractivity contribution in [3.05, 3.63) is 57.0 Å². The number of nitrogens with two attached hydrogens (primary N) is 1. The van der Waals surface area contributed by atoms with Crippen LogP contribution in [-0.2, 0) is 6.42 Å². The smallest absolute Gasteiger partial charge is 0.0658 e. The predicted molar refractivity (Wildman–Crippen MR) is 103 cm³/mol. The summed E-state index contributed by atoms with van der Waals surface area (Å²) in [4.78, 5) is 3.55. The predicted octanol–water partition coefficient (Wildman–Crippen LogP) is 5.84. The van der Waals surface area contributed by atoms with Gasteiger partial charge in [-0.1, -0.05) is 51.3 Å². The zero-order chi connectivity index (χ0) is 16.4. The highest BCUT2D eigenvalue weighted by molar-refractivity contribution is 9.10. The molecule has 4 heteroatoms. The molecule has 1 heterocycles. The minimum absolute atomic E-state index is 0.729. The SMILES string of the molecule is Cc1cccc(-c2[nH]c3c(Cl)cc(Br)cc3c2CCCCN)c1. The summed E-state index contributed by atoms with van der Waals surface area (Å²) in [7, 11) is 0. The molecule has 120 valence electrons. The molecule has 2 aromatic carbocycles. The Morgan fingerprint density at radius 2 is 2.00 bits per heavy atom. The van der Waals surface area contributed by atoms with Gasteiger partial charge < -0.3 is 10.7 Å². The molecule has 0 radical (unpaired) electrons. The van der Waals surface area contributed by atoms with Crippen molar-refractivity contribution in [2.45, 2.75) is 26.2 Å². The number of unbranched alkanes of at least 4 members (excludes halogenated alkanes) is 1. The Morgan fingerprint density at radius 3 is 2.74 bits per heavy atom. The summed E-state index contributed by atoms with van der Waals surface area (Å²) in [6.07, 6.45) is 3.10. The average Bonchev–Trinajstić information content (AvgIpc) is 2.87. The first-order valence-electron chi connectivity index (χ1n) is 7.87. The molecule has 0 saturated carbocycles. The summed E-state index contributed by atoms with van der Waals surface area (Å²) in [5.74, 6) is 0. The molecule has 0 unspecified atom stereocenters. The Bertz CT molecular complexity index is 839. The van der Waals surface area contributed by atoms with Crippen molar-refractivity contribution in [1.82, 2.24) is 4.98 Å². The Labute approximate surface area is 150 Å². The number of aromatic nitrogens is 1. The molecule has 1 aromatic heterocycles. The highest BCUT2D eigenvalue weighted by Crippen LogP contribution is 2.37. The van der Waals surface area contributed by atoms with Crippen LogP contribution < -0.4 is 5.73 Å². The summed E-state index contributed by atoms with van der Waals surface area (Å²) in [6, 6.07) is 12.6. The van der Waals surface area contributed by atoms with Crippen molar-refractivity contribution >= 4 is 38.4 Å². The average molecular weight is 392 g/mol. The van der Waals surface area contributed by atoms with E-state index < -0.39 is 0 Å². The van der Waals surface area contributed by atoms with Crippen molar-refractivity contribution in [3.8, 4) is 11.3 Å². The number of H-pyrrole nitrogens is 1. The molecule has 0 aliphatic rings. The molecular weight excluding hydrogens is 372 g/mol. The van der Waals surface area contributed by atoms with Gasteiger partial charge in [0.05, 0.1) is 10.5 Å². The fourth-order valence-corrected chi connectivity index (χ4v) is 3.88. The van der Waals surface area contributed by atoms with E-state index in [0.717, 1.165) is 40.8 Å². The Morgan fingerprint density at radius 1 is 1.17 bits per heavy atom. The van der Waals surface area contributed by atoms with E-state index in [-0.39, 0.29) is 0 Å². The number of fused-ring (bicyclic) bond motifs is 1. The molecule has 3 rings (SSSR count). The van der Waals surface area contributed by atoms with E-state index >= 15 is 0 Å². The monoisotopic (exact) mass is 390 g/mol. The van der Waals surface area contributed by atoms with Gasteiger partial charge in [0.1, 0.15) is 0 Å². The molecule has 0 atom stereocenters. The molecular formula is C19H20BrClN2. The molecule has 23 heavy (non-hydrogen) atoms. The van der Waals surface area contributed by atoms with Crippen molar-refractivity contribution < 1.29 is 0 Å². The van der Waals surface area contributed by atoms with Crippen LogP contribution in [0.5, 0.6) is 0 Å². The van der Waals surface area contributed by atoms with Crippen LogP contribution in [0.25, 0.3) is 22.2 Å². The zero-order valence-corrected chi connectivity index (χ0v) is 15.5. The minimum atomic E-state index is 0.729. The number of nitrogens with one attached hydrogen (secondary N) is 1. The molecule has 3 aromatic rings. The van der Waals surface area contributed by atoms with Gasteiger partial charge in [-0.2, -0.15) is 0 Å². The fraction of sp³-hybridized carbons (Fsp3) is 0.263. The van der Waals surface area contributed by atoms with Gasteiger partial charge in [0.2, 0.25) is 0 Å². The lowest BCUT2D eigenvalue weighted by Crippen LogP contribution is -1.99. The van der Waals surface area contributed by atoms with Crippen molar-refractivity contribution in [1.29, 1.82) is 0 Å². The van der Waals surface area contributed by atoms with E-state index in [9.17, 15) is 0 Å².